The molecule has 0 amide bonds. The average Bonchev–Trinajstić information content (AvgIpc) is 2.73. The van der Waals surface area contributed by atoms with Gasteiger partial charge in [-0.05, 0) is 0 Å². The Morgan fingerprint density at radius 2 is 0.857 bits per heavy atom. The quantitative estimate of drug-likeness (QED) is 0.502. The van der Waals surface area contributed by atoms with E-state index in [4.69, 9.17) is 0 Å². The molecule has 0 heterocycles. The first-order chi connectivity index (χ1) is 13.7. The zero-order chi connectivity index (χ0) is 19.4. The first-order valence-electron chi connectivity index (χ1n) is 9.37. The third-order valence-corrected chi connectivity index (χ3v) is 10.1. The van der Waals surface area contributed by atoms with Crippen LogP contribution in [0.3, 0.4) is 0 Å². The Labute approximate surface area is 166 Å². The molecule has 4 aromatic rings. The van der Waals surface area contributed by atoms with E-state index in [-0.39, 0.29) is 11.5 Å². The van der Waals surface area contributed by atoms with Crippen LogP contribution in [0, 0.1) is 0 Å². The van der Waals surface area contributed by atoms with Crippen LogP contribution in [-0.4, -0.2) is 10.2 Å². The van der Waals surface area contributed by atoms with Crippen molar-refractivity contribution in [1.29, 1.82) is 0 Å². The first kappa shape index (κ1) is 18.3. The predicted molar refractivity (Wildman–Crippen MR) is 120 cm³/mol. The van der Waals surface area contributed by atoms with E-state index in [0.29, 0.717) is 0 Å². The van der Waals surface area contributed by atoms with E-state index in [2.05, 4.69) is 72.8 Å². The molecule has 0 saturated heterocycles. The predicted octanol–water partition coefficient (Wildman–Crippen LogP) is 4.32. The number of aromatic hydroxyl groups is 2. The Morgan fingerprint density at radius 3 is 1.21 bits per heavy atom. The monoisotopic (exact) mass is 386 g/mol. The Kier molecular flexibility index (Phi) is 5.14. The molecule has 140 valence electrons. The molecule has 0 aromatic heterocycles. The summed E-state index contributed by atoms with van der Waals surface area (Å²) in [4.78, 5) is 0. The normalized spacial score (nSPS) is 11.9. The van der Waals surface area contributed by atoms with Gasteiger partial charge in [-0.15, -0.1) is 0 Å². The fraction of sp³-hybridized carbons (Fsp3) is 0.0400. The Balaban J connectivity index is 2.01. The third-order valence-electron chi connectivity index (χ3n) is 5.23. The Morgan fingerprint density at radius 1 is 0.500 bits per heavy atom. The van der Waals surface area contributed by atoms with Gasteiger partial charge in [0.05, 0.1) is 0 Å². The molecular formula is C25H23O2P. The van der Waals surface area contributed by atoms with Crippen molar-refractivity contribution in [2.75, 3.05) is 0 Å². The summed E-state index contributed by atoms with van der Waals surface area (Å²) in [5, 5.41) is 24.0. The van der Waals surface area contributed by atoms with Gasteiger partial charge in [0, 0.05) is 0 Å². The van der Waals surface area contributed by atoms with Crippen molar-refractivity contribution < 1.29 is 10.2 Å². The van der Waals surface area contributed by atoms with Gasteiger partial charge in [-0.3, -0.25) is 0 Å². The second-order valence-corrected chi connectivity index (χ2v) is 10.9. The summed E-state index contributed by atoms with van der Waals surface area (Å²) < 4.78 is 0. The number of rotatable bonds is 5. The molecule has 0 saturated carbocycles. The average molecular weight is 386 g/mol. The molecule has 0 radical (unpaired) electrons. The van der Waals surface area contributed by atoms with Crippen molar-refractivity contribution in [3.8, 4) is 11.5 Å². The Hall–Kier alpha value is -3.09. The van der Waals surface area contributed by atoms with E-state index in [1.54, 1.807) is 12.1 Å². The van der Waals surface area contributed by atoms with Gasteiger partial charge in [-0.1, -0.05) is 0 Å². The van der Waals surface area contributed by atoms with Crippen LogP contribution in [-0.2, 0) is 6.16 Å². The zero-order valence-electron chi connectivity index (χ0n) is 15.5. The first-order valence-corrected chi connectivity index (χ1v) is 11.6. The molecule has 0 atom stereocenters. The van der Waals surface area contributed by atoms with Crippen LogP contribution in [0.15, 0.2) is 109 Å². The number of phenolic OH excluding ortho intramolecular Hbond substituents is 2. The summed E-state index contributed by atoms with van der Waals surface area (Å²) in [5.74, 6) is 0.180. The van der Waals surface area contributed by atoms with Crippen molar-refractivity contribution in [1.82, 2.24) is 0 Å². The van der Waals surface area contributed by atoms with Crippen LogP contribution in [0.25, 0.3) is 0 Å². The van der Waals surface area contributed by atoms with E-state index >= 15 is 0 Å². The molecule has 0 spiro atoms. The molecule has 0 unspecified atom stereocenters. The molecule has 0 aliphatic carbocycles. The molecule has 2 nitrogen and oxygen atoms in total. The summed E-state index contributed by atoms with van der Waals surface area (Å²) in [6, 6.07) is 36.8. The van der Waals surface area contributed by atoms with E-state index in [1.807, 2.05) is 18.2 Å². The van der Waals surface area contributed by atoms with E-state index in [0.717, 1.165) is 11.7 Å². The van der Waals surface area contributed by atoms with Crippen LogP contribution in [0.1, 0.15) is 5.56 Å². The molecule has 0 aliphatic rings. The van der Waals surface area contributed by atoms with Crippen LogP contribution >= 0.6 is 7.26 Å². The number of phenols is 2. The second-order valence-electron chi connectivity index (χ2n) is 7.04. The van der Waals surface area contributed by atoms with Crippen molar-refractivity contribution >= 4 is 23.2 Å². The van der Waals surface area contributed by atoms with Crippen molar-refractivity contribution in [2.24, 2.45) is 0 Å². The van der Waals surface area contributed by atoms with Crippen LogP contribution in [0.2, 0.25) is 0 Å². The molecule has 3 heteroatoms. The summed E-state index contributed by atoms with van der Waals surface area (Å²) in [6.45, 7) is 0. The molecule has 0 fully saturated rings. The molecular weight excluding hydrogens is 363 g/mol. The van der Waals surface area contributed by atoms with Crippen LogP contribution in [0.4, 0.5) is 0 Å². The van der Waals surface area contributed by atoms with Crippen LogP contribution < -0.4 is 15.9 Å². The van der Waals surface area contributed by atoms with Gasteiger partial charge in [0.2, 0.25) is 0 Å². The molecule has 4 aromatic carbocycles. The van der Waals surface area contributed by atoms with Gasteiger partial charge in [0.1, 0.15) is 0 Å². The van der Waals surface area contributed by atoms with Gasteiger partial charge in [-0.25, -0.2) is 0 Å². The van der Waals surface area contributed by atoms with Crippen molar-refractivity contribution in [3.05, 3.63) is 115 Å². The minimum absolute atomic E-state index is 0.0899. The third kappa shape index (κ3) is 3.52. The standard InChI is InChI=1S/C25H23O2P/c26-21-16-20(17-22(27)18-21)19-28(23-10-4-1-5-11-23,24-12-6-2-7-13-24)25-14-8-3-9-15-25/h1-18,26-28H,19H2. The van der Waals surface area contributed by atoms with Crippen molar-refractivity contribution in [2.45, 2.75) is 6.16 Å². The topological polar surface area (TPSA) is 40.5 Å². The van der Waals surface area contributed by atoms with Gasteiger partial charge < -0.3 is 0 Å². The summed E-state index contributed by atoms with van der Waals surface area (Å²) in [7, 11) is -2.43. The summed E-state index contributed by atoms with van der Waals surface area (Å²) >= 11 is 0. The molecule has 4 rings (SSSR count). The zero-order valence-corrected chi connectivity index (χ0v) is 16.5. The maximum absolute atomic E-state index is 10.1. The molecule has 0 aliphatic heterocycles. The molecule has 28 heavy (non-hydrogen) atoms. The number of benzene rings is 4. The SMILES string of the molecule is Oc1cc(O)cc(C[PH](c2ccccc2)(c2ccccc2)c2ccccc2)c1. The van der Waals surface area contributed by atoms with E-state index in [1.165, 1.54) is 22.0 Å². The fourth-order valence-corrected chi connectivity index (χ4v) is 8.75. The second kappa shape index (κ2) is 7.88. The van der Waals surface area contributed by atoms with Crippen molar-refractivity contribution in [3.63, 3.8) is 0 Å². The number of hydrogen-bond donors (Lipinski definition) is 2. The summed E-state index contributed by atoms with van der Waals surface area (Å²) in [6.07, 6.45) is 0.743. The van der Waals surface area contributed by atoms with Gasteiger partial charge in [0.25, 0.3) is 0 Å². The van der Waals surface area contributed by atoms with Gasteiger partial charge >= 0.3 is 166 Å². The summed E-state index contributed by atoms with van der Waals surface area (Å²) in [5.41, 5.74) is 0.931. The van der Waals surface area contributed by atoms with Gasteiger partial charge in [0.15, 0.2) is 0 Å². The maximum atomic E-state index is 10.1. The van der Waals surface area contributed by atoms with E-state index in [9.17, 15) is 10.2 Å². The fourth-order valence-electron chi connectivity index (χ4n) is 4.04. The Bertz CT molecular complexity index is 931. The van der Waals surface area contributed by atoms with Gasteiger partial charge in [-0.2, -0.15) is 0 Å². The van der Waals surface area contributed by atoms with E-state index < -0.39 is 7.26 Å². The number of hydrogen-bond acceptors (Lipinski definition) is 2. The van der Waals surface area contributed by atoms with Crippen LogP contribution in [0.5, 0.6) is 11.5 Å². The molecule has 2 N–H and O–H groups in total. The minimum atomic E-state index is -2.43. The molecule has 0 bridgehead atoms.